The number of aromatic nitrogens is 12. The molecule has 12 nitrogen and oxygen atoms in total. The van der Waals surface area contributed by atoms with Gasteiger partial charge in [-0.3, -0.25) is 35.2 Å². The van der Waals surface area contributed by atoms with Crippen molar-refractivity contribution in [3.63, 3.8) is 0 Å². The first-order valence-corrected chi connectivity index (χ1v) is 48.7. The van der Waals surface area contributed by atoms with Gasteiger partial charge in [0.05, 0.1) is 110 Å². The fourth-order valence-electron chi connectivity index (χ4n) is 24.8. The third-order valence-corrected chi connectivity index (χ3v) is 30.7. The number of aryl methyl sites for hydroxylation is 9. The van der Waals surface area contributed by atoms with Gasteiger partial charge in [-0.15, -0.1) is 0 Å². The minimum Gasteiger partial charge on any atom is -0.277 e. The number of benzene rings is 20. The maximum atomic E-state index is 5.13. The van der Waals surface area contributed by atoms with Gasteiger partial charge in [0.1, 0.15) is 0 Å². The molecule has 32 rings (SSSR count). The SMILES string of the molecule is Cc1cc(C(C)C)cc(C)c1-c1cc2c3cc4ccccc4cc3n3c2c(c1)n1c2ccccc2nc13.Cc1cc(C)c(-c2cc3c4cc5ccccc5cc4n4c3c(c2)n2c3ccccc3nc24)c(C)c1.Cc1ccc(-c2cc3c4cc5ccccc5cc4n4c3c(c2)n2c3ccccc3nc24)c(C)c1.Cc1cccc(C)c1-c1cc2c3cc4ccccc4cc3n3c2c(c1)n1c2ccccc2nc13. The standard InChI is InChI=1S/C34H27N3.C32H23N3.2C31H21N3/c1-19(2)24-13-20(3)32(21(4)14-24)25-16-27-26-15-22-9-5-6-10-23(22)17-30(26)37-33(27)31(18-25)36-29-12-8-7-11-28(29)35-34(36)37;1-18-12-19(2)30(20(3)13-18)23-15-25-24-14-21-8-4-5-9-22(21)16-28(24)35-31(25)29(17-23)34-27-11-7-6-10-26(27)33-32(34)35;1-18-8-7-9-19(2)29(18)22-15-24-23-14-20-10-3-4-11-21(20)16-27(23)34-30(24)28(17-22)33-26-13-6-5-12-25(26)32-31(33)34;1-18-11-12-23(19(2)13-18)22-15-25-24-14-20-7-3-4-8-21(20)16-28(24)34-30(25)29(17-22)33-27-10-6-5-9-26(27)32-31(33)34/h5-19H,1-4H3;4-17H,1-3H3;2*3-17H,1-2H3. The number of imidazole rings is 8. The van der Waals surface area contributed by atoms with Crippen LogP contribution in [0.5, 0.6) is 0 Å². The first-order valence-electron chi connectivity index (χ1n) is 48.7. The summed E-state index contributed by atoms with van der Waals surface area (Å²) in [7, 11) is 0. The Hall–Kier alpha value is -17.5. The van der Waals surface area contributed by atoms with Gasteiger partial charge in [0.25, 0.3) is 0 Å². The van der Waals surface area contributed by atoms with Crippen molar-refractivity contribution in [1.29, 1.82) is 0 Å². The first-order chi connectivity index (χ1) is 68.4. The Morgan fingerprint density at radius 1 is 0.186 bits per heavy atom. The van der Waals surface area contributed by atoms with Gasteiger partial charge in [-0.05, 0) is 346 Å². The highest BCUT2D eigenvalue weighted by molar-refractivity contribution is 6.25. The molecule has 0 bridgehead atoms. The molecule has 0 spiro atoms. The highest BCUT2D eigenvalue weighted by Crippen LogP contribution is 2.49. The molecule has 12 heteroatoms. The van der Waals surface area contributed by atoms with Gasteiger partial charge < -0.3 is 0 Å². The molecule has 0 aliphatic carbocycles. The van der Waals surface area contributed by atoms with E-state index >= 15 is 0 Å². The second-order valence-electron chi connectivity index (χ2n) is 39.8. The third-order valence-electron chi connectivity index (χ3n) is 30.7. The number of fused-ring (bicyclic) bond motifs is 36. The van der Waals surface area contributed by atoms with Crippen molar-refractivity contribution < 1.29 is 0 Å². The zero-order chi connectivity index (χ0) is 93.5. The fraction of sp³-hybridized carbons (Fsp3) is 0.0938. The summed E-state index contributed by atoms with van der Waals surface area (Å²) in [5.41, 5.74) is 46.8. The van der Waals surface area contributed by atoms with Gasteiger partial charge in [0.2, 0.25) is 23.1 Å². The molecule has 0 saturated heterocycles. The van der Waals surface area contributed by atoms with Crippen LogP contribution < -0.4 is 0 Å². The molecular formula is C128H92N12. The van der Waals surface area contributed by atoms with Gasteiger partial charge >= 0.3 is 0 Å². The maximum Gasteiger partial charge on any atom is 0.220 e. The van der Waals surface area contributed by atoms with Gasteiger partial charge in [0, 0.05) is 43.1 Å². The third kappa shape index (κ3) is 11.3. The Morgan fingerprint density at radius 3 is 0.757 bits per heavy atom. The molecule has 0 aliphatic heterocycles. The summed E-state index contributed by atoms with van der Waals surface area (Å²) in [6.07, 6.45) is 0. The van der Waals surface area contributed by atoms with Crippen LogP contribution in [0.4, 0.5) is 0 Å². The topological polar surface area (TPSA) is 86.8 Å². The van der Waals surface area contributed by atoms with Gasteiger partial charge in [-0.2, -0.15) is 0 Å². The number of para-hydroxylation sites is 8. The number of nitrogens with zero attached hydrogens (tertiary/aromatic N) is 12. The molecule has 0 fully saturated rings. The van der Waals surface area contributed by atoms with Crippen LogP contribution in [0.25, 0.3) is 264 Å². The fourth-order valence-corrected chi connectivity index (χ4v) is 24.8. The van der Waals surface area contributed by atoms with Crippen molar-refractivity contribution in [2.75, 3.05) is 0 Å². The average molecular weight is 1800 g/mol. The Labute approximate surface area is 803 Å². The molecule has 0 amide bonds. The highest BCUT2D eigenvalue weighted by atomic mass is 15.2. The maximum absolute atomic E-state index is 5.13. The Kier molecular flexibility index (Phi) is 16.7. The summed E-state index contributed by atoms with van der Waals surface area (Å²) in [5, 5.41) is 20.3. The van der Waals surface area contributed by atoms with E-state index in [4.69, 9.17) is 19.9 Å². The van der Waals surface area contributed by atoms with Crippen molar-refractivity contribution in [3.8, 4) is 44.5 Å². The first kappa shape index (κ1) is 79.9. The number of hydrogen-bond donors (Lipinski definition) is 0. The molecule has 0 saturated carbocycles. The smallest absolute Gasteiger partial charge is 0.220 e. The summed E-state index contributed by atoms with van der Waals surface area (Å²) >= 11 is 0. The Bertz CT molecular complexity index is 10900. The van der Waals surface area contributed by atoms with Crippen LogP contribution in [-0.4, -0.2) is 55.1 Å². The second kappa shape index (κ2) is 29.3. The van der Waals surface area contributed by atoms with Crippen LogP contribution in [0.1, 0.15) is 75.4 Å². The van der Waals surface area contributed by atoms with E-state index in [2.05, 4.69) is 463 Å². The van der Waals surface area contributed by atoms with Gasteiger partial charge in [0.15, 0.2) is 0 Å². The van der Waals surface area contributed by atoms with E-state index in [1.807, 2.05) is 0 Å². The lowest BCUT2D eigenvalue weighted by atomic mass is 9.89. The quantitative estimate of drug-likeness (QED) is 0.172. The molecule has 0 unspecified atom stereocenters. The van der Waals surface area contributed by atoms with Crippen molar-refractivity contribution in [2.45, 2.75) is 82.1 Å². The molecular weight excluding hydrogens is 1710 g/mol. The molecule has 664 valence electrons. The molecule has 12 aromatic heterocycles. The van der Waals surface area contributed by atoms with Crippen molar-refractivity contribution in [3.05, 3.63) is 407 Å². The largest absolute Gasteiger partial charge is 0.277 e. The van der Waals surface area contributed by atoms with E-state index in [0.717, 1.165) is 67.2 Å². The van der Waals surface area contributed by atoms with Crippen molar-refractivity contribution in [1.82, 2.24) is 55.1 Å². The summed E-state index contributed by atoms with van der Waals surface area (Å²) < 4.78 is 18.8. The second-order valence-corrected chi connectivity index (χ2v) is 39.8. The molecule has 0 radical (unpaired) electrons. The van der Waals surface area contributed by atoms with Crippen LogP contribution in [0.2, 0.25) is 0 Å². The Balaban J connectivity index is 0.0000000896. The van der Waals surface area contributed by atoms with Gasteiger partial charge in [-0.25, -0.2) is 19.9 Å². The normalized spacial score (nSPS) is 12.5. The lowest BCUT2D eigenvalue weighted by molar-refractivity contribution is 0.863. The Morgan fingerprint density at radius 2 is 0.450 bits per heavy atom. The van der Waals surface area contributed by atoms with Crippen molar-refractivity contribution in [2.24, 2.45) is 0 Å². The van der Waals surface area contributed by atoms with Crippen LogP contribution in [0.3, 0.4) is 0 Å². The van der Waals surface area contributed by atoms with Crippen molar-refractivity contribution >= 4 is 220 Å². The summed E-state index contributed by atoms with van der Waals surface area (Å²) in [4.78, 5) is 20.4. The summed E-state index contributed by atoms with van der Waals surface area (Å²) in [6, 6.07) is 129. The van der Waals surface area contributed by atoms with Crippen LogP contribution in [0.15, 0.2) is 352 Å². The van der Waals surface area contributed by atoms with Crippen LogP contribution in [0, 0.1) is 62.3 Å². The number of hydrogen-bond acceptors (Lipinski definition) is 4. The minimum atomic E-state index is 0.512. The highest BCUT2D eigenvalue weighted by Gasteiger charge is 2.30. The van der Waals surface area contributed by atoms with E-state index in [9.17, 15) is 0 Å². The molecule has 0 N–H and O–H groups in total. The number of rotatable bonds is 5. The van der Waals surface area contributed by atoms with Crippen LogP contribution in [-0.2, 0) is 0 Å². The summed E-state index contributed by atoms with van der Waals surface area (Å²) in [5.74, 6) is 4.42. The lowest BCUT2D eigenvalue weighted by Crippen LogP contribution is -1.95. The van der Waals surface area contributed by atoms with E-state index in [1.54, 1.807) is 0 Å². The molecule has 12 heterocycles. The molecule has 0 atom stereocenters. The zero-order valence-electron chi connectivity index (χ0n) is 79.4. The van der Waals surface area contributed by atoms with E-state index < -0.39 is 0 Å². The van der Waals surface area contributed by atoms with E-state index in [-0.39, 0.29) is 0 Å². The van der Waals surface area contributed by atoms with E-state index in [1.165, 1.54) is 253 Å². The molecule has 20 aromatic carbocycles. The van der Waals surface area contributed by atoms with Gasteiger partial charge in [-0.1, -0.05) is 231 Å². The minimum absolute atomic E-state index is 0.512. The monoisotopic (exact) mass is 1800 g/mol. The summed E-state index contributed by atoms with van der Waals surface area (Å²) in [6.45, 7) is 24.5. The molecule has 32 aromatic rings. The van der Waals surface area contributed by atoms with Crippen LogP contribution >= 0.6 is 0 Å². The predicted molar refractivity (Wildman–Crippen MR) is 588 cm³/mol. The predicted octanol–water partition coefficient (Wildman–Crippen LogP) is 33.1. The lowest BCUT2D eigenvalue weighted by Gasteiger charge is -2.15. The van der Waals surface area contributed by atoms with E-state index in [0.29, 0.717) is 5.92 Å². The zero-order valence-corrected chi connectivity index (χ0v) is 79.4. The molecule has 140 heavy (non-hydrogen) atoms. The average Bonchev–Trinajstić information content (AvgIpc) is 1.54. The molecule has 0 aliphatic rings.